The maximum absolute atomic E-state index is 11.5. The van der Waals surface area contributed by atoms with E-state index in [0.717, 1.165) is 41.2 Å². The third-order valence-electron chi connectivity index (χ3n) is 11.2. The van der Waals surface area contributed by atoms with Crippen LogP contribution < -0.4 is 9.80 Å². The van der Waals surface area contributed by atoms with Crippen LogP contribution in [-0.2, 0) is 4.79 Å². The quantitative estimate of drug-likeness (QED) is 0.0853. The molecule has 0 heterocycles. The molecule has 0 spiro atoms. The van der Waals surface area contributed by atoms with Crippen molar-refractivity contribution in [3.05, 3.63) is 217 Å². The highest BCUT2D eigenvalue weighted by Gasteiger charge is 2.22. The summed E-state index contributed by atoms with van der Waals surface area (Å²) in [4.78, 5) is 16.1. The Balaban J connectivity index is 1.10. The van der Waals surface area contributed by atoms with Crippen molar-refractivity contribution in [2.24, 2.45) is 0 Å². The summed E-state index contributed by atoms with van der Waals surface area (Å²) in [5, 5.41) is 23.4. The smallest absolute Gasteiger partial charge is 0.346 e. The molecule has 2 aliphatic carbocycles. The molecule has 0 amide bonds. The maximum atomic E-state index is 11.5. The van der Waals surface area contributed by atoms with Gasteiger partial charge in [-0.3, -0.25) is 0 Å². The normalized spacial score (nSPS) is 15.0. The molecule has 1 N–H and O–H groups in total. The molecule has 5 heteroatoms. The van der Waals surface area contributed by atoms with E-state index in [0.29, 0.717) is 12.0 Å². The van der Waals surface area contributed by atoms with E-state index in [2.05, 4.69) is 174 Å². The minimum absolute atomic E-state index is 0.0151. The number of allylic oxidation sites excluding steroid dienone is 6. The highest BCUT2D eigenvalue weighted by Crippen LogP contribution is 2.45. The number of carboxylic acid groups (broad SMARTS) is 1. The zero-order valence-electron chi connectivity index (χ0n) is 32.4. The molecule has 0 aromatic heterocycles. The number of carboxylic acids is 1. The van der Waals surface area contributed by atoms with Crippen LogP contribution in [0.2, 0.25) is 0 Å². The van der Waals surface area contributed by atoms with Crippen LogP contribution in [0.3, 0.4) is 0 Å². The molecule has 9 rings (SSSR count). The van der Waals surface area contributed by atoms with E-state index in [9.17, 15) is 15.2 Å². The first-order valence-corrected chi connectivity index (χ1v) is 20.0. The Morgan fingerprint density at radius 3 is 1.56 bits per heavy atom. The van der Waals surface area contributed by atoms with Gasteiger partial charge in [-0.1, -0.05) is 140 Å². The first-order chi connectivity index (χ1) is 29.1. The fourth-order valence-electron chi connectivity index (χ4n) is 8.46. The molecule has 0 fully saturated rings. The number of hydrogen-bond acceptors (Lipinski definition) is 4. The standard InChI is InChI=1S/C54H41N3O2/c55-37-41(54(58)59)36-38-24-30-45(31-25-38)57(44-18-8-3-9-19-44)47-34-28-40(29-35-47)53-50-22-12-10-20-48(50)52(49-21-11-13-23-51(49)53)39-26-32-46(33-27-39)56(42-14-4-1-5-15-42)43-16-6-2-7-17-43/h1,3-6,8-30,32-36,45H,2,7,31H2,(H,58,59)/b41-36+. The number of rotatable bonds is 10. The maximum Gasteiger partial charge on any atom is 0.346 e. The number of nitrogens with zero attached hydrogens (tertiary/aromatic N) is 3. The van der Waals surface area contributed by atoms with Crippen molar-refractivity contribution in [3.8, 4) is 28.3 Å². The summed E-state index contributed by atoms with van der Waals surface area (Å²) in [6, 6.07) is 58.0. The largest absolute Gasteiger partial charge is 0.477 e. The molecule has 0 aliphatic heterocycles. The summed E-state index contributed by atoms with van der Waals surface area (Å²) in [5.41, 5.74) is 10.7. The first kappa shape index (κ1) is 36.9. The van der Waals surface area contributed by atoms with Gasteiger partial charge >= 0.3 is 5.97 Å². The molecule has 7 aromatic carbocycles. The van der Waals surface area contributed by atoms with Gasteiger partial charge < -0.3 is 14.9 Å². The third-order valence-corrected chi connectivity index (χ3v) is 11.2. The van der Waals surface area contributed by atoms with E-state index < -0.39 is 5.97 Å². The fraction of sp³-hybridized carbons (Fsp3) is 0.0741. The van der Waals surface area contributed by atoms with Gasteiger partial charge in [-0.25, -0.2) is 4.79 Å². The zero-order valence-corrected chi connectivity index (χ0v) is 32.4. The van der Waals surface area contributed by atoms with E-state index in [1.807, 2.05) is 30.4 Å². The van der Waals surface area contributed by atoms with Crippen LogP contribution in [0.1, 0.15) is 19.3 Å². The highest BCUT2D eigenvalue weighted by molar-refractivity contribution is 6.21. The van der Waals surface area contributed by atoms with E-state index in [-0.39, 0.29) is 11.6 Å². The van der Waals surface area contributed by atoms with Crippen molar-refractivity contribution in [2.45, 2.75) is 25.3 Å². The van der Waals surface area contributed by atoms with Crippen LogP contribution in [-0.4, -0.2) is 17.1 Å². The molecule has 0 saturated carbocycles. The number of anilines is 4. The summed E-state index contributed by atoms with van der Waals surface area (Å²) in [7, 11) is 0. The molecule has 0 saturated heterocycles. The number of carbonyl (C=O) groups is 1. The summed E-state index contributed by atoms with van der Waals surface area (Å²) in [6.45, 7) is 0. The average Bonchev–Trinajstić information content (AvgIpc) is 3.29. The molecule has 1 unspecified atom stereocenters. The van der Waals surface area contributed by atoms with Crippen LogP contribution >= 0.6 is 0 Å². The van der Waals surface area contributed by atoms with Crippen molar-refractivity contribution < 1.29 is 9.90 Å². The Labute approximate surface area is 344 Å². The molecule has 5 nitrogen and oxygen atoms in total. The predicted molar refractivity (Wildman–Crippen MR) is 243 cm³/mol. The number of hydrogen-bond donors (Lipinski definition) is 1. The number of fused-ring (bicyclic) bond motifs is 2. The van der Waals surface area contributed by atoms with Gasteiger partial charge in [0.05, 0.1) is 6.04 Å². The Hall–Kier alpha value is -7.68. The minimum atomic E-state index is -1.23. The molecule has 59 heavy (non-hydrogen) atoms. The van der Waals surface area contributed by atoms with E-state index in [4.69, 9.17) is 0 Å². The molecular weight excluding hydrogens is 723 g/mol. The van der Waals surface area contributed by atoms with Crippen molar-refractivity contribution >= 4 is 50.3 Å². The van der Waals surface area contributed by atoms with Crippen LogP contribution in [0, 0.1) is 11.3 Å². The molecule has 0 radical (unpaired) electrons. The molecule has 7 aromatic rings. The lowest BCUT2D eigenvalue weighted by molar-refractivity contribution is -0.132. The second-order valence-electron chi connectivity index (χ2n) is 14.8. The van der Waals surface area contributed by atoms with Crippen LogP contribution in [0.5, 0.6) is 0 Å². The predicted octanol–water partition coefficient (Wildman–Crippen LogP) is 13.6. The second-order valence-corrected chi connectivity index (χ2v) is 14.8. The summed E-state index contributed by atoms with van der Waals surface area (Å²) in [5.74, 6) is -1.23. The van der Waals surface area contributed by atoms with Crippen molar-refractivity contribution in [3.63, 3.8) is 0 Å². The van der Waals surface area contributed by atoms with E-state index >= 15 is 0 Å². The van der Waals surface area contributed by atoms with Crippen LogP contribution in [0.25, 0.3) is 43.8 Å². The topological polar surface area (TPSA) is 67.6 Å². The van der Waals surface area contributed by atoms with Crippen LogP contribution in [0.15, 0.2) is 217 Å². The SMILES string of the molecule is N#C/C(=C\C1=CCC(N(c2ccccc2)c2ccc(-c3c4ccccc4c(-c4ccc(N(C5=CCCC=C5)c5ccccc5)cc4)c4ccccc34)cc2)C=C1)C(=O)O. The monoisotopic (exact) mass is 763 g/mol. The number of benzene rings is 7. The van der Waals surface area contributed by atoms with E-state index in [1.165, 1.54) is 50.0 Å². The Bertz CT molecular complexity index is 2820. The first-order valence-electron chi connectivity index (χ1n) is 20.0. The van der Waals surface area contributed by atoms with Gasteiger partial charge in [0, 0.05) is 28.4 Å². The van der Waals surface area contributed by atoms with Crippen molar-refractivity contribution in [1.29, 1.82) is 5.26 Å². The van der Waals surface area contributed by atoms with Crippen molar-refractivity contribution in [1.82, 2.24) is 0 Å². The third kappa shape index (κ3) is 7.36. The van der Waals surface area contributed by atoms with E-state index in [1.54, 1.807) is 6.07 Å². The Morgan fingerprint density at radius 1 is 0.593 bits per heavy atom. The average molecular weight is 764 g/mol. The van der Waals surface area contributed by atoms with Gasteiger partial charge in [-0.15, -0.1) is 0 Å². The summed E-state index contributed by atoms with van der Waals surface area (Å²) < 4.78 is 0. The van der Waals surface area contributed by atoms with Gasteiger partial charge in [0.1, 0.15) is 11.6 Å². The number of nitriles is 1. The fourth-order valence-corrected chi connectivity index (χ4v) is 8.46. The lowest BCUT2D eigenvalue weighted by atomic mass is 9.86. The second kappa shape index (κ2) is 16.4. The summed E-state index contributed by atoms with van der Waals surface area (Å²) >= 11 is 0. The van der Waals surface area contributed by atoms with Crippen molar-refractivity contribution in [2.75, 3.05) is 9.80 Å². The van der Waals surface area contributed by atoms with Gasteiger partial charge in [-0.05, 0) is 129 Å². The minimum Gasteiger partial charge on any atom is -0.477 e. The zero-order chi connectivity index (χ0) is 40.1. The summed E-state index contributed by atoms with van der Waals surface area (Å²) in [6.07, 6.45) is 17.0. The Kier molecular flexibility index (Phi) is 10.3. The van der Waals surface area contributed by atoms with Gasteiger partial charge in [0.2, 0.25) is 0 Å². The molecule has 284 valence electrons. The van der Waals surface area contributed by atoms with Gasteiger partial charge in [-0.2, -0.15) is 5.26 Å². The number of aliphatic carboxylic acids is 1. The molecule has 1 atom stereocenters. The van der Waals surface area contributed by atoms with Crippen LogP contribution in [0.4, 0.5) is 22.7 Å². The van der Waals surface area contributed by atoms with Gasteiger partial charge in [0.15, 0.2) is 0 Å². The molecule has 0 bridgehead atoms. The number of para-hydroxylation sites is 2. The molecular formula is C54H41N3O2. The van der Waals surface area contributed by atoms with Gasteiger partial charge in [0.25, 0.3) is 0 Å². The lowest BCUT2D eigenvalue weighted by Gasteiger charge is -2.33. The lowest BCUT2D eigenvalue weighted by Crippen LogP contribution is -2.30. The highest BCUT2D eigenvalue weighted by atomic mass is 16.4. The molecule has 2 aliphatic rings. The Morgan fingerprint density at radius 2 is 1.08 bits per heavy atom.